The molecule has 0 radical (unpaired) electrons. The van der Waals surface area contributed by atoms with Crippen molar-refractivity contribution < 1.29 is 4.21 Å². The maximum absolute atomic E-state index is 12.8. The summed E-state index contributed by atoms with van der Waals surface area (Å²) in [6.07, 6.45) is 1.81. The number of fused-ring (bicyclic) bond motifs is 1. The summed E-state index contributed by atoms with van der Waals surface area (Å²) in [6.45, 7) is 4.30. The van der Waals surface area contributed by atoms with Crippen molar-refractivity contribution >= 4 is 33.5 Å². The lowest BCUT2D eigenvalue weighted by molar-refractivity contribution is 0.672. The second kappa shape index (κ2) is 7.64. The predicted octanol–water partition coefficient (Wildman–Crippen LogP) is 4.36. The van der Waals surface area contributed by atoms with E-state index in [9.17, 15) is 4.21 Å². The summed E-state index contributed by atoms with van der Waals surface area (Å²) in [7, 11) is 2.76. The molecule has 0 bridgehead atoms. The van der Waals surface area contributed by atoms with E-state index in [1.54, 1.807) is 0 Å². The van der Waals surface area contributed by atoms with Crippen LogP contribution in [0.15, 0.2) is 72.1 Å². The van der Waals surface area contributed by atoms with Crippen molar-refractivity contribution in [3.63, 3.8) is 0 Å². The summed E-state index contributed by atoms with van der Waals surface area (Å²) in [5, 5.41) is 2.12. The van der Waals surface area contributed by atoms with Gasteiger partial charge in [0.15, 0.2) is 0 Å². The van der Waals surface area contributed by atoms with Gasteiger partial charge in [0, 0.05) is 37.1 Å². The Hall–Kier alpha value is -2.43. The third-order valence-electron chi connectivity index (χ3n) is 4.16. The minimum atomic E-state index is -1.28. The Kier molecular flexibility index (Phi) is 5.31. The smallest absolute Gasteiger partial charge is 0.125 e. The molecule has 0 aliphatic carbocycles. The van der Waals surface area contributed by atoms with Crippen LogP contribution in [0.2, 0.25) is 0 Å². The Labute approximate surface area is 151 Å². The van der Waals surface area contributed by atoms with E-state index in [1.165, 1.54) is 0 Å². The van der Waals surface area contributed by atoms with Crippen LogP contribution < -0.4 is 9.62 Å². The van der Waals surface area contributed by atoms with Gasteiger partial charge in [-0.2, -0.15) is 0 Å². The van der Waals surface area contributed by atoms with E-state index in [4.69, 9.17) is 0 Å². The first-order valence-electron chi connectivity index (χ1n) is 8.16. The number of rotatable bonds is 6. The van der Waals surface area contributed by atoms with Gasteiger partial charge in [-0.25, -0.2) is 8.93 Å². The lowest BCUT2D eigenvalue weighted by atomic mass is 10.1. The number of nitrogens with one attached hydrogen (secondary N) is 1. The fraction of sp³-hybridized carbons (Fsp3) is 0.143. The van der Waals surface area contributed by atoms with Gasteiger partial charge in [0.1, 0.15) is 11.0 Å². The monoisotopic (exact) mass is 350 g/mol. The summed E-state index contributed by atoms with van der Waals surface area (Å²) in [6, 6.07) is 20.1. The topological polar surface area (TPSA) is 32.3 Å². The van der Waals surface area contributed by atoms with Crippen LogP contribution in [0.5, 0.6) is 0 Å². The highest BCUT2D eigenvalue weighted by atomic mass is 32.2. The first-order chi connectivity index (χ1) is 12.1. The summed E-state index contributed by atoms with van der Waals surface area (Å²) in [4.78, 5) is 2.88. The van der Waals surface area contributed by atoms with Gasteiger partial charge in [-0.15, -0.1) is 0 Å². The van der Waals surface area contributed by atoms with Crippen LogP contribution >= 0.6 is 0 Å². The molecule has 3 rings (SSSR count). The second-order valence-electron chi connectivity index (χ2n) is 6.06. The van der Waals surface area contributed by atoms with Crippen LogP contribution in [-0.4, -0.2) is 18.3 Å². The summed E-state index contributed by atoms with van der Waals surface area (Å²) < 4.78 is 15.9. The zero-order valence-electron chi connectivity index (χ0n) is 14.5. The maximum Gasteiger partial charge on any atom is 0.125 e. The van der Waals surface area contributed by atoms with Crippen molar-refractivity contribution in [2.45, 2.75) is 11.4 Å². The summed E-state index contributed by atoms with van der Waals surface area (Å²) in [5.74, 6) is 0. The maximum atomic E-state index is 12.8. The highest BCUT2D eigenvalue weighted by Gasteiger charge is 2.11. The third-order valence-corrected chi connectivity index (χ3v) is 5.33. The molecule has 0 fully saturated rings. The van der Waals surface area contributed by atoms with Gasteiger partial charge in [-0.05, 0) is 23.3 Å². The SMILES string of the molecule is C=Cc1ccc(CNS(=O)c2cccc3c(N(C)C)cccc23)cc1. The van der Waals surface area contributed by atoms with E-state index >= 15 is 0 Å². The number of anilines is 1. The average molecular weight is 350 g/mol. The normalized spacial score (nSPS) is 12.1. The van der Waals surface area contributed by atoms with Crippen LogP contribution in [0.25, 0.3) is 16.8 Å². The highest BCUT2D eigenvalue weighted by Crippen LogP contribution is 2.29. The molecule has 25 heavy (non-hydrogen) atoms. The van der Waals surface area contributed by atoms with Gasteiger partial charge < -0.3 is 4.90 Å². The van der Waals surface area contributed by atoms with Crippen LogP contribution in [-0.2, 0) is 17.5 Å². The molecule has 128 valence electrons. The van der Waals surface area contributed by atoms with Crippen LogP contribution in [0, 0.1) is 0 Å². The number of hydrogen-bond acceptors (Lipinski definition) is 2. The average Bonchev–Trinajstić information content (AvgIpc) is 2.65. The van der Waals surface area contributed by atoms with E-state index in [0.717, 1.165) is 32.5 Å². The van der Waals surface area contributed by atoms with Crippen molar-refractivity contribution in [1.29, 1.82) is 0 Å². The Balaban J connectivity index is 1.84. The molecule has 0 heterocycles. The van der Waals surface area contributed by atoms with Gasteiger partial charge in [0.25, 0.3) is 0 Å². The van der Waals surface area contributed by atoms with E-state index in [2.05, 4.69) is 28.3 Å². The number of hydrogen-bond donors (Lipinski definition) is 1. The molecule has 0 aliphatic heterocycles. The minimum absolute atomic E-state index is 0.549. The number of benzene rings is 3. The van der Waals surface area contributed by atoms with Crippen molar-refractivity contribution in [1.82, 2.24) is 4.72 Å². The van der Waals surface area contributed by atoms with E-state index < -0.39 is 11.0 Å². The Morgan fingerprint density at radius 2 is 1.68 bits per heavy atom. The number of nitrogens with zero attached hydrogens (tertiary/aromatic N) is 1. The molecule has 3 nitrogen and oxygen atoms in total. The molecule has 1 atom stereocenters. The Bertz CT molecular complexity index is 917. The van der Waals surface area contributed by atoms with Crippen LogP contribution in [0.3, 0.4) is 0 Å². The first kappa shape index (κ1) is 17.4. The Morgan fingerprint density at radius 1 is 1.00 bits per heavy atom. The van der Waals surface area contributed by atoms with Crippen molar-refractivity contribution in [2.24, 2.45) is 0 Å². The highest BCUT2D eigenvalue weighted by molar-refractivity contribution is 7.83. The minimum Gasteiger partial charge on any atom is -0.377 e. The molecule has 0 saturated heterocycles. The molecular formula is C21H22N2OS. The largest absolute Gasteiger partial charge is 0.377 e. The molecule has 3 aromatic carbocycles. The molecule has 0 saturated carbocycles. The van der Waals surface area contributed by atoms with Crippen molar-refractivity contribution in [3.05, 3.63) is 78.4 Å². The lowest BCUT2D eigenvalue weighted by Gasteiger charge is -2.16. The van der Waals surface area contributed by atoms with E-state index in [0.29, 0.717) is 6.54 Å². The molecule has 3 aromatic rings. The zero-order chi connectivity index (χ0) is 17.8. The summed E-state index contributed by atoms with van der Waals surface area (Å²) >= 11 is 0. The zero-order valence-corrected chi connectivity index (χ0v) is 15.3. The van der Waals surface area contributed by atoms with Crippen molar-refractivity contribution in [2.75, 3.05) is 19.0 Å². The fourth-order valence-electron chi connectivity index (χ4n) is 2.81. The van der Waals surface area contributed by atoms with Gasteiger partial charge in [-0.3, -0.25) is 0 Å². The van der Waals surface area contributed by atoms with Gasteiger partial charge in [-0.1, -0.05) is 61.2 Å². The molecule has 0 spiro atoms. The molecule has 1 N–H and O–H groups in total. The standard InChI is InChI=1S/C21H22N2OS/c1-4-16-11-13-17(14-12-16)15-22-25(24)21-10-6-7-18-19(21)8-5-9-20(18)23(2)3/h4-14,22H,1,15H2,2-3H3. The second-order valence-corrected chi connectivity index (χ2v) is 7.32. The van der Waals surface area contributed by atoms with Gasteiger partial charge in [0.05, 0.1) is 4.90 Å². The molecule has 1 unspecified atom stereocenters. The predicted molar refractivity (Wildman–Crippen MR) is 108 cm³/mol. The van der Waals surface area contributed by atoms with Gasteiger partial charge in [0.2, 0.25) is 0 Å². The fourth-order valence-corrected chi connectivity index (χ4v) is 3.85. The van der Waals surface area contributed by atoms with Crippen molar-refractivity contribution in [3.8, 4) is 0 Å². The molecular weight excluding hydrogens is 328 g/mol. The van der Waals surface area contributed by atoms with E-state index in [1.807, 2.05) is 68.7 Å². The first-order valence-corrected chi connectivity index (χ1v) is 9.31. The molecule has 0 amide bonds. The summed E-state index contributed by atoms with van der Waals surface area (Å²) in [5.41, 5.74) is 3.29. The Morgan fingerprint density at radius 3 is 2.36 bits per heavy atom. The van der Waals surface area contributed by atoms with E-state index in [-0.39, 0.29) is 0 Å². The molecule has 4 heteroatoms. The molecule has 0 aromatic heterocycles. The van der Waals surface area contributed by atoms with Crippen LogP contribution in [0.1, 0.15) is 11.1 Å². The quantitative estimate of drug-likeness (QED) is 0.716. The van der Waals surface area contributed by atoms with Gasteiger partial charge >= 0.3 is 0 Å². The van der Waals surface area contributed by atoms with Crippen LogP contribution in [0.4, 0.5) is 5.69 Å². The third kappa shape index (κ3) is 3.81. The molecule has 0 aliphatic rings. The lowest BCUT2D eigenvalue weighted by Crippen LogP contribution is -2.17.